The fourth-order valence-corrected chi connectivity index (χ4v) is 3.19. The van der Waals surface area contributed by atoms with Crippen LogP contribution in [-0.4, -0.2) is 53.6 Å². The Morgan fingerprint density at radius 3 is 2.38 bits per heavy atom. The molecule has 0 bridgehead atoms. The summed E-state index contributed by atoms with van der Waals surface area (Å²) in [6.45, 7) is 3.84. The Labute approximate surface area is 205 Å². The predicted octanol–water partition coefficient (Wildman–Crippen LogP) is 3.81. The molecule has 1 aromatic heterocycles. The van der Waals surface area contributed by atoms with E-state index >= 15 is 0 Å². The molecule has 3 rings (SSSR count). The van der Waals surface area contributed by atoms with Gasteiger partial charge in [-0.3, -0.25) is 0 Å². The quantitative estimate of drug-likeness (QED) is 0.252. The number of nitrogens with zero attached hydrogens (tertiary/aromatic N) is 4. The van der Waals surface area contributed by atoms with E-state index in [-0.39, 0.29) is 29.7 Å². The molecule has 32 heavy (non-hydrogen) atoms. The number of aromatic nitrogens is 2. The lowest BCUT2D eigenvalue weighted by molar-refractivity contribution is 0.339. The summed E-state index contributed by atoms with van der Waals surface area (Å²) in [7, 11) is 5.00. The Balaban J connectivity index is 0.00000363. The molecule has 9 heteroatoms. The smallest absolute Gasteiger partial charge is 0.200 e. The zero-order chi connectivity index (χ0) is 22.2. The van der Waals surface area contributed by atoms with Crippen LogP contribution in [0.25, 0.3) is 5.69 Å². The highest BCUT2D eigenvalue weighted by Gasteiger charge is 2.12. The van der Waals surface area contributed by atoms with Crippen LogP contribution in [0.2, 0.25) is 0 Å². The summed E-state index contributed by atoms with van der Waals surface area (Å²) in [5.41, 5.74) is 2.96. The van der Waals surface area contributed by atoms with E-state index in [2.05, 4.69) is 10.4 Å². The normalized spacial score (nSPS) is 10.9. The van der Waals surface area contributed by atoms with Gasteiger partial charge in [-0.1, -0.05) is 18.2 Å². The molecule has 2 aromatic carbocycles. The van der Waals surface area contributed by atoms with Gasteiger partial charge in [0.05, 0.1) is 32.6 Å². The first-order valence-electron chi connectivity index (χ1n) is 10.1. The molecule has 3 aromatic rings. The average molecular weight is 551 g/mol. The molecule has 0 amide bonds. The van der Waals surface area contributed by atoms with Crippen molar-refractivity contribution < 1.29 is 14.6 Å². The summed E-state index contributed by atoms with van der Waals surface area (Å²) < 4.78 is 12.3. The number of para-hydroxylation sites is 1. The van der Waals surface area contributed by atoms with Gasteiger partial charge in [-0.15, -0.1) is 24.0 Å². The van der Waals surface area contributed by atoms with Gasteiger partial charge in [0.15, 0.2) is 17.5 Å². The van der Waals surface area contributed by atoms with Crippen molar-refractivity contribution in [2.75, 3.05) is 27.8 Å². The number of hydrogen-bond acceptors (Lipinski definition) is 5. The number of rotatable bonds is 8. The van der Waals surface area contributed by atoms with Crippen molar-refractivity contribution >= 4 is 29.9 Å². The van der Waals surface area contributed by atoms with Gasteiger partial charge in [0, 0.05) is 31.9 Å². The van der Waals surface area contributed by atoms with Crippen LogP contribution in [0.1, 0.15) is 18.1 Å². The van der Waals surface area contributed by atoms with Gasteiger partial charge in [0.25, 0.3) is 0 Å². The molecule has 0 unspecified atom stereocenters. The minimum absolute atomic E-state index is 0. The Morgan fingerprint density at radius 1 is 1.12 bits per heavy atom. The van der Waals surface area contributed by atoms with E-state index in [1.807, 2.05) is 66.3 Å². The summed E-state index contributed by atoms with van der Waals surface area (Å²) in [5, 5.41) is 17.9. The van der Waals surface area contributed by atoms with E-state index in [1.165, 1.54) is 14.2 Å². The number of phenols is 1. The van der Waals surface area contributed by atoms with Crippen LogP contribution < -0.4 is 14.8 Å². The SMILES string of the molecule is CCNC(=NCc1cc(OC)c(O)c(OC)c1)N(C)Cc1cnn(-c2ccccc2)c1.I. The third kappa shape index (κ3) is 6.28. The molecule has 0 spiro atoms. The van der Waals surface area contributed by atoms with Crippen LogP contribution in [0.3, 0.4) is 0 Å². The molecule has 0 saturated heterocycles. The maximum absolute atomic E-state index is 10.1. The van der Waals surface area contributed by atoms with Crippen LogP contribution in [0.5, 0.6) is 17.2 Å². The van der Waals surface area contributed by atoms with Crippen molar-refractivity contribution in [2.45, 2.75) is 20.0 Å². The second-order valence-electron chi connectivity index (χ2n) is 7.00. The molecule has 0 aliphatic rings. The van der Waals surface area contributed by atoms with Crippen LogP contribution in [0, 0.1) is 0 Å². The number of aromatic hydroxyl groups is 1. The molecule has 0 radical (unpaired) electrons. The van der Waals surface area contributed by atoms with Crippen molar-refractivity contribution in [1.82, 2.24) is 20.0 Å². The van der Waals surface area contributed by atoms with Gasteiger partial charge >= 0.3 is 0 Å². The molecular formula is C23H30IN5O3. The Bertz CT molecular complexity index is 998. The highest BCUT2D eigenvalue weighted by Crippen LogP contribution is 2.37. The van der Waals surface area contributed by atoms with Gasteiger partial charge in [-0.05, 0) is 36.8 Å². The van der Waals surface area contributed by atoms with Crippen molar-refractivity contribution in [2.24, 2.45) is 4.99 Å². The third-order valence-corrected chi connectivity index (χ3v) is 4.72. The van der Waals surface area contributed by atoms with Crippen molar-refractivity contribution in [3.8, 4) is 22.9 Å². The lowest BCUT2D eigenvalue weighted by Crippen LogP contribution is -2.38. The van der Waals surface area contributed by atoms with E-state index < -0.39 is 0 Å². The van der Waals surface area contributed by atoms with E-state index in [9.17, 15) is 5.11 Å². The van der Waals surface area contributed by atoms with Gasteiger partial charge in [0.2, 0.25) is 5.75 Å². The molecule has 0 aliphatic carbocycles. The zero-order valence-corrected chi connectivity index (χ0v) is 21.1. The highest BCUT2D eigenvalue weighted by atomic mass is 127. The molecular weight excluding hydrogens is 521 g/mol. The van der Waals surface area contributed by atoms with E-state index in [0.29, 0.717) is 24.6 Å². The Morgan fingerprint density at radius 2 is 1.78 bits per heavy atom. The number of halogens is 1. The van der Waals surface area contributed by atoms with Crippen LogP contribution in [0.4, 0.5) is 0 Å². The number of benzene rings is 2. The predicted molar refractivity (Wildman–Crippen MR) is 136 cm³/mol. The minimum Gasteiger partial charge on any atom is -0.502 e. The molecule has 0 fully saturated rings. The second kappa shape index (κ2) is 12.2. The molecule has 1 heterocycles. The fraction of sp³-hybridized carbons (Fsp3) is 0.304. The Kier molecular flexibility index (Phi) is 9.63. The van der Waals surface area contributed by atoms with Crippen molar-refractivity contribution in [3.05, 3.63) is 66.0 Å². The number of guanidine groups is 1. The van der Waals surface area contributed by atoms with Gasteiger partial charge in [-0.25, -0.2) is 9.67 Å². The second-order valence-corrected chi connectivity index (χ2v) is 7.00. The first-order chi connectivity index (χ1) is 15.0. The standard InChI is InChI=1S/C23H29N5O3.HI/c1-5-24-23(25-13-17-11-20(30-3)22(29)21(12-17)31-4)27(2)15-18-14-26-28(16-18)19-9-7-6-8-10-19;/h6-12,14,16,29H,5,13,15H2,1-4H3,(H,24,25);1H. The largest absolute Gasteiger partial charge is 0.502 e. The first-order valence-corrected chi connectivity index (χ1v) is 10.1. The summed E-state index contributed by atoms with van der Waals surface area (Å²) in [6.07, 6.45) is 3.88. The van der Waals surface area contributed by atoms with Gasteiger partial charge in [-0.2, -0.15) is 5.10 Å². The van der Waals surface area contributed by atoms with Gasteiger partial charge in [0.1, 0.15) is 0 Å². The number of nitrogens with one attached hydrogen (secondary N) is 1. The van der Waals surface area contributed by atoms with Crippen LogP contribution in [-0.2, 0) is 13.1 Å². The van der Waals surface area contributed by atoms with Crippen LogP contribution in [0.15, 0.2) is 59.9 Å². The monoisotopic (exact) mass is 551 g/mol. The Hall–Kier alpha value is -2.95. The summed E-state index contributed by atoms with van der Waals surface area (Å²) >= 11 is 0. The first kappa shape index (κ1) is 25.3. The molecule has 2 N–H and O–H groups in total. The zero-order valence-electron chi connectivity index (χ0n) is 18.8. The van der Waals surface area contributed by atoms with Crippen molar-refractivity contribution in [3.63, 3.8) is 0 Å². The third-order valence-electron chi connectivity index (χ3n) is 4.72. The average Bonchev–Trinajstić information content (AvgIpc) is 3.26. The number of ether oxygens (including phenoxy) is 2. The summed E-state index contributed by atoms with van der Waals surface area (Å²) in [5.74, 6) is 1.46. The highest BCUT2D eigenvalue weighted by molar-refractivity contribution is 14.0. The number of methoxy groups -OCH3 is 2. The fourth-order valence-electron chi connectivity index (χ4n) is 3.19. The maximum atomic E-state index is 10.1. The summed E-state index contributed by atoms with van der Waals surface area (Å²) in [6, 6.07) is 13.5. The van der Waals surface area contributed by atoms with Crippen molar-refractivity contribution in [1.29, 1.82) is 0 Å². The molecule has 0 aliphatic heterocycles. The molecule has 8 nitrogen and oxygen atoms in total. The number of hydrogen-bond donors (Lipinski definition) is 2. The minimum atomic E-state index is -0.0165. The lowest BCUT2D eigenvalue weighted by Gasteiger charge is -2.21. The molecule has 0 atom stereocenters. The maximum Gasteiger partial charge on any atom is 0.200 e. The number of aliphatic imine (C=N–C) groups is 1. The van der Waals surface area contributed by atoms with E-state index in [4.69, 9.17) is 14.5 Å². The van der Waals surface area contributed by atoms with Gasteiger partial charge < -0.3 is 24.8 Å². The van der Waals surface area contributed by atoms with Crippen LogP contribution >= 0.6 is 24.0 Å². The van der Waals surface area contributed by atoms with E-state index in [0.717, 1.165) is 29.3 Å². The summed E-state index contributed by atoms with van der Waals surface area (Å²) in [4.78, 5) is 6.78. The molecule has 0 saturated carbocycles. The van der Waals surface area contributed by atoms with E-state index in [1.54, 1.807) is 12.1 Å². The number of phenolic OH excluding ortho intramolecular Hbond substituents is 1. The topological polar surface area (TPSA) is 84.1 Å². The lowest BCUT2D eigenvalue weighted by atomic mass is 10.2. The molecule has 172 valence electrons.